The summed E-state index contributed by atoms with van der Waals surface area (Å²) >= 11 is 0. The van der Waals surface area contributed by atoms with Crippen molar-refractivity contribution in [3.8, 4) is 34.5 Å². The predicted octanol–water partition coefficient (Wildman–Crippen LogP) is 10.0. The maximum atomic E-state index is 6.35. The topological polar surface area (TPSA) is 36.9 Å². The molecule has 0 amide bonds. The molecule has 0 N–H and O–H groups in total. The monoisotopic (exact) mass is 558 g/mol. The minimum Gasteiger partial charge on any atom is -0.497 e. The Morgan fingerprint density at radius 3 is 1.07 bits per heavy atom. The minimum absolute atomic E-state index is 0.0467. The number of hydrogen-bond acceptors (Lipinski definition) is 4. The second-order valence-corrected chi connectivity index (χ2v) is 10.9. The maximum Gasteiger partial charge on any atom is 0.133 e. The SMILES string of the molecule is COc1ccc(Oc2c(C)cc(C(c3ccc(C)cc3)c3cc(C)c(Oc4ccc(OC)cc4)c(C)c3)cc2C)cc1. The Morgan fingerprint density at radius 1 is 0.405 bits per heavy atom. The summed E-state index contributed by atoms with van der Waals surface area (Å²) < 4.78 is 23.3. The lowest BCUT2D eigenvalue weighted by Gasteiger charge is -2.24. The average Bonchev–Trinajstić information content (AvgIpc) is 2.98. The Hall–Kier alpha value is -4.70. The first-order valence-electron chi connectivity index (χ1n) is 14.2. The van der Waals surface area contributed by atoms with Crippen molar-refractivity contribution < 1.29 is 18.9 Å². The Bertz CT molecular complexity index is 1520. The summed E-state index contributed by atoms with van der Waals surface area (Å²) in [6.07, 6.45) is 0. The van der Waals surface area contributed by atoms with Crippen LogP contribution in [0.5, 0.6) is 34.5 Å². The average molecular weight is 559 g/mol. The van der Waals surface area contributed by atoms with Gasteiger partial charge in [-0.05, 0) is 122 Å². The molecule has 0 unspecified atom stereocenters. The van der Waals surface area contributed by atoms with Crippen LogP contribution in [0.4, 0.5) is 0 Å². The number of ether oxygens (including phenoxy) is 4. The fraction of sp³-hybridized carbons (Fsp3) is 0.211. The van der Waals surface area contributed by atoms with E-state index in [0.29, 0.717) is 0 Å². The molecule has 0 saturated carbocycles. The highest BCUT2D eigenvalue weighted by molar-refractivity contribution is 5.55. The van der Waals surface area contributed by atoms with Gasteiger partial charge in [0, 0.05) is 5.92 Å². The molecule has 0 aromatic heterocycles. The van der Waals surface area contributed by atoms with Crippen LogP contribution in [0, 0.1) is 34.6 Å². The van der Waals surface area contributed by atoms with Crippen molar-refractivity contribution in [3.63, 3.8) is 0 Å². The fourth-order valence-corrected chi connectivity index (χ4v) is 5.48. The van der Waals surface area contributed by atoms with Crippen LogP contribution in [0.15, 0.2) is 97.1 Å². The van der Waals surface area contributed by atoms with Gasteiger partial charge in [0.2, 0.25) is 0 Å². The van der Waals surface area contributed by atoms with Crippen molar-refractivity contribution in [1.29, 1.82) is 0 Å². The molecular weight excluding hydrogens is 520 g/mol. The fourth-order valence-electron chi connectivity index (χ4n) is 5.48. The highest BCUT2D eigenvalue weighted by Gasteiger charge is 2.22. The molecule has 214 valence electrons. The van der Waals surface area contributed by atoms with Gasteiger partial charge < -0.3 is 18.9 Å². The van der Waals surface area contributed by atoms with Gasteiger partial charge in [-0.25, -0.2) is 0 Å². The van der Waals surface area contributed by atoms with E-state index in [2.05, 4.69) is 83.1 Å². The number of hydrogen-bond donors (Lipinski definition) is 0. The van der Waals surface area contributed by atoms with Crippen molar-refractivity contribution in [2.24, 2.45) is 0 Å². The van der Waals surface area contributed by atoms with E-state index in [1.54, 1.807) is 14.2 Å². The van der Waals surface area contributed by atoms with Crippen LogP contribution < -0.4 is 18.9 Å². The third kappa shape index (κ3) is 6.28. The van der Waals surface area contributed by atoms with Gasteiger partial charge in [0.25, 0.3) is 0 Å². The summed E-state index contributed by atoms with van der Waals surface area (Å²) in [7, 11) is 3.33. The van der Waals surface area contributed by atoms with Crippen LogP contribution in [0.3, 0.4) is 0 Å². The highest BCUT2D eigenvalue weighted by Crippen LogP contribution is 2.40. The maximum absolute atomic E-state index is 6.35. The van der Waals surface area contributed by atoms with Crippen LogP contribution in [-0.2, 0) is 0 Å². The van der Waals surface area contributed by atoms with Crippen LogP contribution in [0.2, 0.25) is 0 Å². The van der Waals surface area contributed by atoms with Crippen LogP contribution in [0.1, 0.15) is 50.4 Å². The number of benzene rings is 5. The van der Waals surface area contributed by atoms with E-state index in [1.165, 1.54) is 22.3 Å². The second-order valence-electron chi connectivity index (χ2n) is 10.9. The molecule has 0 atom stereocenters. The summed E-state index contributed by atoms with van der Waals surface area (Å²) in [4.78, 5) is 0. The first-order valence-corrected chi connectivity index (χ1v) is 14.2. The summed E-state index contributed by atoms with van der Waals surface area (Å²) in [6, 6.07) is 33.2. The molecule has 4 nitrogen and oxygen atoms in total. The second kappa shape index (κ2) is 12.4. The highest BCUT2D eigenvalue weighted by atomic mass is 16.5. The quantitative estimate of drug-likeness (QED) is 0.169. The molecule has 0 aliphatic rings. The van der Waals surface area contributed by atoms with Crippen LogP contribution >= 0.6 is 0 Å². The zero-order valence-electron chi connectivity index (χ0n) is 25.4. The molecule has 0 fully saturated rings. The normalized spacial score (nSPS) is 11.0. The largest absolute Gasteiger partial charge is 0.497 e. The van der Waals surface area contributed by atoms with Crippen molar-refractivity contribution >= 4 is 0 Å². The number of rotatable bonds is 9. The molecule has 0 spiro atoms. The zero-order valence-corrected chi connectivity index (χ0v) is 25.4. The Balaban J connectivity index is 1.53. The van der Waals surface area contributed by atoms with Gasteiger partial charge >= 0.3 is 0 Å². The molecule has 5 aromatic rings. The molecule has 4 heteroatoms. The Kier molecular flexibility index (Phi) is 8.53. The summed E-state index contributed by atoms with van der Waals surface area (Å²) in [5.41, 5.74) is 9.28. The van der Waals surface area contributed by atoms with Gasteiger partial charge in [-0.3, -0.25) is 0 Å². The molecule has 0 heterocycles. The molecule has 0 aliphatic carbocycles. The Morgan fingerprint density at radius 2 is 0.738 bits per heavy atom. The van der Waals surface area contributed by atoms with Gasteiger partial charge in [-0.1, -0.05) is 54.1 Å². The lowest BCUT2D eigenvalue weighted by atomic mass is 9.82. The first kappa shape index (κ1) is 28.8. The van der Waals surface area contributed by atoms with Crippen molar-refractivity contribution in [3.05, 3.63) is 142 Å². The third-order valence-electron chi connectivity index (χ3n) is 7.60. The van der Waals surface area contributed by atoms with E-state index < -0.39 is 0 Å². The summed E-state index contributed by atoms with van der Waals surface area (Å²) in [5.74, 6) is 4.97. The standard InChI is InChI=1S/C38H38O4/c1-24-8-10-29(11-9-24)36(30-20-25(2)37(26(3)21-30)41-34-16-12-32(39-6)13-17-34)31-22-27(4)38(28(5)23-31)42-35-18-14-33(40-7)15-19-35/h8-23,36H,1-7H3. The minimum atomic E-state index is 0.0467. The molecule has 5 aromatic carbocycles. The van der Waals surface area contributed by atoms with Crippen molar-refractivity contribution in [1.82, 2.24) is 0 Å². The van der Waals surface area contributed by atoms with E-state index in [1.807, 2.05) is 48.5 Å². The lowest BCUT2D eigenvalue weighted by molar-refractivity contribution is 0.412. The molecule has 0 aliphatic heterocycles. The van der Waals surface area contributed by atoms with Crippen LogP contribution in [-0.4, -0.2) is 14.2 Å². The summed E-state index contributed by atoms with van der Waals surface area (Å²) in [6.45, 7) is 10.6. The van der Waals surface area contributed by atoms with Gasteiger partial charge in [0.1, 0.15) is 34.5 Å². The van der Waals surface area contributed by atoms with Crippen LogP contribution in [0.25, 0.3) is 0 Å². The third-order valence-corrected chi connectivity index (χ3v) is 7.60. The van der Waals surface area contributed by atoms with Gasteiger partial charge in [-0.15, -0.1) is 0 Å². The van der Waals surface area contributed by atoms with E-state index in [0.717, 1.165) is 56.8 Å². The number of methoxy groups -OCH3 is 2. The van der Waals surface area contributed by atoms with Gasteiger partial charge in [0.05, 0.1) is 14.2 Å². The zero-order chi connectivity index (χ0) is 29.8. The van der Waals surface area contributed by atoms with Crippen molar-refractivity contribution in [2.45, 2.75) is 40.5 Å². The van der Waals surface area contributed by atoms with Gasteiger partial charge in [-0.2, -0.15) is 0 Å². The van der Waals surface area contributed by atoms with E-state index in [-0.39, 0.29) is 5.92 Å². The van der Waals surface area contributed by atoms with E-state index in [9.17, 15) is 0 Å². The van der Waals surface area contributed by atoms with Crippen molar-refractivity contribution in [2.75, 3.05) is 14.2 Å². The van der Waals surface area contributed by atoms with E-state index >= 15 is 0 Å². The molecule has 5 rings (SSSR count). The number of aryl methyl sites for hydroxylation is 5. The predicted molar refractivity (Wildman–Crippen MR) is 170 cm³/mol. The first-order chi connectivity index (χ1) is 20.2. The molecule has 0 saturated heterocycles. The Labute approximate surface area is 249 Å². The lowest BCUT2D eigenvalue weighted by Crippen LogP contribution is -2.07. The molecular formula is C38H38O4. The van der Waals surface area contributed by atoms with Gasteiger partial charge in [0.15, 0.2) is 0 Å². The molecule has 42 heavy (non-hydrogen) atoms. The molecule has 0 bridgehead atoms. The summed E-state index contributed by atoms with van der Waals surface area (Å²) in [5, 5.41) is 0. The smallest absolute Gasteiger partial charge is 0.133 e. The molecule has 0 radical (unpaired) electrons. The van der Waals surface area contributed by atoms with E-state index in [4.69, 9.17) is 18.9 Å².